The lowest BCUT2D eigenvalue weighted by molar-refractivity contribution is -0.161. The Hall–Kier alpha value is -0.883. The van der Waals surface area contributed by atoms with E-state index in [9.17, 15) is 9.59 Å². The zero-order chi connectivity index (χ0) is 20.8. The quantitative estimate of drug-likeness (QED) is 0.505. The number of carbonyl (C=O) groups excluding carboxylic acids is 2. The van der Waals surface area contributed by atoms with Gasteiger partial charge in [0.25, 0.3) is 0 Å². The Kier molecular flexibility index (Phi) is 4.21. The minimum atomic E-state index is -1.58. The van der Waals surface area contributed by atoms with Gasteiger partial charge in [0.15, 0.2) is 8.32 Å². The third-order valence-electron chi connectivity index (χ3n) is 9.42. The Morgan fingerprint density at radius 1 is 1.21 bits per heavy atom. The normalized spacial score (nSPS) is 50.1. The number of ether oxygens (including phenoxy) is 2. The first kappa shape index (κ1) is 20.0. The maximum atomic E-state index is 13.3. The summed E-state index contributed by atoms with van der Waals surface area (Å²) in [7, 11) is -0.0682. The van der Waals surface area contributed by atoms with E-state index in [-0.39, 0.29) is 29.2 Å². The van der Waals surface area contributed by atoms with Gasteiger partial charge in [-0.3, -0.25) is 9.59 Å². The molecule has 6 heteroatoms. The molecule has 5 rings (SSSR count). The molecule has 29 heavy (non-hydrogen) atoms. The van der Waals surface area contributed by atoms with Gasteiger partial charge in [0.05, 0.1) is 18.4 Å². The number of methoxy groups -OCH3 is 1. The highest BCUT2D eigenvalue weighted by atomic mass is 28.4. The summed E-state index contributed by atoms with van der Waals surface area (Å²) >= 11 is 0. The number of rotatable bonds is 4. The van der Waals surface area contributed by atoms with E-state index >= 15 is 0 Å². The van der Waals surface area contributed by atoms with Crippen LogP contribution in [-0.4, -0.2) is 39.6 Å². The third-order valence-corrected chi connectivity index (χ3v) is 10.5. The number of fused-ring (bicyclic) bond motifs is 1. The van der Waals surface area contributed by atoms with Crippen LogP contribution in [0.5, 0.6) is 0 Å². The monoisotopic (exact) mass is 420 g/mol. The molecule has 0 aromatic carbocycles. The first-order chi connectivity index (χ1) is 13.6. The molecule has 4 bridgehead atoms. The van der Waals surface area contributed by atoms with Crippen LogP contribution in [0, 0.1) is 40.4 Å². The van der Waals surface area contributed by atoms with Gasteiger partial charge in [-0.05, 0) is 88.8 Å². The van der Waals surface area contributed by atoms with Crippen molar-refractivity contribution in [2.24, 2.45) is 40.4 Å². The van der Waals surface area contributed by atoms with Gasteiger partial charge in [-0.2, -0.15) is 0 Å². The SMILES string of the molecule is COC(=O)[C@H]1[C@@H]2C3(C)CCC[C@@]2(OC3=O)[C@@H]2CCC3C[C@@]21C[C@@H]3CO[Si](C)(C)C. The van der Waals surface area contributed by atoms with Crippen molar-refractivity contribution >= 4 is 20.3 Å². The van der Waals surface area contributed by atoms with Gasteiger partial charge >= 0.3 is 11.9 Å². The Balaban J connectivity index is 1.56. The molecule has 0 N–H and O–H groups in total. The molecule has 1 spiro atoms. The molecule has 5 aliphatic rings. The molecule has 8 atom stereocenters. The van der Waals surface area contributed by atoms with Crippen LogP contribution in [0.25, 0.3) is 0 Å². The predicted molar refractivity (Wildman–Crippen MR) is 110 cm³/mol. The lowest BCUT2D eigenvalue weighted by Gasteiger charge is -2.44. The topological polar surface area (TPSA) is 61.8 Å². The van der Waals surface area contributed by atoms with E-state index < -0.39 is 19.3 Å². The maximum absolute atomic E-state index is 13.3. The summed E-state index contributed by atoms with van der Waals surface area (Å²) in [5, 5.41) is 0. The lowest BCUT2D eigenvalue weighted by atomic mass is 9.60. The predicted octanol–water partition coefficient (Wildman–Crippen LogP) is 4.17. The van der Waals surface area contributed by atoms with Crippen LogP contribution in [0.15, 0.2) is 0 Å². The van der Waals surface area contributed by atoms with E-state index in [1.54, 1.807) is 0 Å². The molecule has 5 nitrogen and oxygen atoms in total. The van der Waals surface area contributed by atoms with E-state index in [4.69, 9.17) is 13.9 Å². The molecular weight excluding hydrogens is 384 g/mol. The summed E-state index contributed by atoms with van der Waals surface area (Å²) in [5.74, 6) is 1.01. The Bertz CT molecular complexity index is 746. The first-order valence-corrected chi connectivity index (χ1v) is 14.9. The van der Waals surface area contributed by atoms with Crippen LogP contribution in [0.1, 0.15) is 51.9 Å². The van der Waals surface area contributed by atoms with Crippen LogP contribution in [0.3, 0.4) is 0 Å². The molecule has 1 aliphatic heterocycles. The van der Waals surface area contributed by atoms with Crippen LogP contribution >= 0.6 is 0 Å². The van der Waals surface area contributed by atoms with E-state index in [2.05, 4.69) is 26.6 Å². The molecular formula is C23H36O5Si. The molecule has 0 radical (unpaired) electrons. The van der Waals surface area contributed by atoms with Gasteiger partial charge < -0.3 is 13.9 Å². The fourth-order valence-corrected chi connectivity index (χ4v) is 9.31. The van der Waals surface area contributed by atoms with Crippen molar-refractivity contribution in [1.82, 2.24) is 0 Å². The second-order valence-corrected chi connectivity index (χ2v) is 16.3. The molecule has 5 fully saturated rings. The fraction of sp³-hybridized carbons (Fsp3) is 0.913. The third kappa shape index (κ3) is 2.48. The highest BCUT2D eigenvalue weighted by molar-refractivity contribution is 6.69. The summed E-state index contributed by atoms with van der Waals surface area (Å²) in [6.45, 7) is 9.61. The summed E-state index contributed by atoms with van der Waals surface area (Å²) < 4.78 is 18.1. The largest absolute Gasteiger partial charge is 0.469 e. The fourth-order valence-electron chi connectivity index (χ4n) is 8.59. The lowest BCUT2D eigenvalue weighted by Crippen LogP contribution is -2.47. The van der Waals surface area contributed by atoms with Crippen molar-refractivity contribution in [2.45, 2.75) is 77.1 Å². The van der Waals surface area contributed by atoms with Crippen molar-refractivity contribution in [2.75, 3.05) is 13.7 Å². The van der Waals surface area contributed by atoms with Gasteiger partial charge in [0.1, 0.15) is 5.60 Å². The van der Waals surface area contributed by atoms with E-state index in [1.165, 1.54) is 13.5 Å². The summed E-state index contributed by atoms with van der Waals surface area (Å²) in [6.07, 6.45) is 7.11. The highest BCUT2D eigenvalue weighted by Crippen LogP contribution is 2.78. The minimum Gasteiger partial charge on any atom is -0.469 e. The molecule has 1 saturated heterocycles. The van der Waals surface area contributed by atoms with Crippen molar-refractivity contribution in [3.63, 3.8) is 0 Å². The highest BCUT2D eigenvalue weighted by Gasteiger charge is 2.82. The zero-order valence-corrected chi connectivity index (χ0v) is 19.6. The van der Waals surface area contributed by atoms with Crippen molar-refractivity contribution in [3.8, 4) is 0 Å². The van der Waals surface area contributed by atoms with Gasteiger partial charge in [-0.25, -0.2) is 0 Å². The summed E-state index contributed by atoms with van der Waals surface area (Å²) in [6, 6.07) is 0. The number of hydrogen-bond donors (Lipinski definition) is 0. The Labute approximate surface area is 175 Å². The van der Waals surface area contributed by atoms with Gasteiger partial charge in [-0.1, -0.05) is 0 Å². The number of esters is 2. The van der Waals surface area contributed by atoms with Crippen LogP contribution in [-0.2, 0) is 23.5 Å². The molecule has 4 aliphatic carbocycles. The minimum absolute atomic E-state index is 0.0240. The average Bonchev–Trinajstić information content (AvgIpc) is 3.11. The molecule has 2 unspecified atom stereocenters. The second-order valence-electron chi connectivity index (χ2n) is 11.8. The molecule has 0 aromatic heterocycles. The summed E-state index contributed by atoms with van der Waals surface area (Å²) in [5.41, 5.74) is -1.06. The number of carbonyl (C=O) groups is 2. The Morgan fingerprint density at radius 2 is 1.97 bits per heavy atom. The Morgan fingerprint density at radius 3 is 2.66 bits per heavy atom. The first-order valence-electron chi connectivity index (χ1n) is 11.5. The standard InChI is InChI=1S/C23H36O5Si/c1-21-9-6-10-23(28-20(21)25)16-8-7-14-11-22(16,17(18(21)23)19(24)26-2)12-15(14)13-27-29(3,4)5/h14-18H,6-13H2,1-5H3/t14?,15-,16-,17-,18-,21?,22-,23-/m1/s1. The van der Waals surface area contributed by atoms with Crippen molar-refractivity contribution < 1.29 is 23.5 Å². The van der Waals surface area contributed by atoms with Crippen molar-refractivity contribution in [1.29, 1.82) is 0 Å². The van der Waals surface area contributed by atoms with Gasteiger partial charge in [-0.15, -0.1) is 0 Å². The summed E-state index contributed by atoms with van der Waals surface area (Å²) in [4.78, 5) is 26.3. The molecule has 0 aromatic rings. The molecule has 4 saturated carbocycles. The average molecular weight is 421 g/mol. The smallest absolute Gasteiger partial charge is 0.312 e. The molecule has 162 valence electrons. The van der Waals surface area contributed by atoms with Crippen molar-refractivity contribution in [3.05, 3.63) is 0 Å². The van der Waals surface area contributed by atoms with Crippen LogP contribution in [0.2, 0.25) is 19.6 Å². The van der Waals surface area contributed by atoms with Crippen LogP contribution in [0.4, 0.5) is 0 Å². The van der Waals surface area contributed by atoms with Gasteiger partial charge in [0.2, 0.25) is 0 Å². The van der Waals surface area contributed by atoms with E-state index in [0.29, 0.717) is 17.8 Å². The van der Waals surface area contributed by atoms with Gasteiger partial charge in [0, 0.05) is 18.4 Å². The number of hydrogen-bond acceptors (Lipinski definition) is 5. The molecule has 0 amide bonds. The van der Waals surface area contributed by atoms with Crippen LogP contribution < -0.4 is 0 Å². The zero-order valence-electron chi connectivity index (χ0n) is 18.6. The maximum Gasteiger partial charge on any atom is 0.312 e. The van der Waals surface area contributed by atoms with E-state index in [1.807, 2.05) is 0 Å². The molecule has 1 heterocycles. The second kappa shape index (κ2) is 6.09. The van der Waals surface area contributed by atoms with E-state index in [0.717, 1.165) is 45.1 Å².